The number of aromatic amines is 1. The molecule has 192 valence electrons. The molecule has 1 aliphatic heterocycles. The number of Topliss-reactive ketones (excluding diaryl/α,β-unsaturated/α-hetero) is 2. The quantitative estimate of drug-likeness (QED) is 0.270. The van der Waals surface area contributed by atoms with E-state index in [1.54, 1.807) is 42.7 Å². The highest BCUT2D eigenvalue weighted by molar-refractivity contribution is 6.09. The largest absolute Gasteiger partial charge is 0.372 e. The van der Waals surface area contributed by atoms with Crippen LogP contribution in [0.1, 0.15) is 67.5 Å². The number of aromatic nitrogens is 1. The van der Waals surface area contributed by atoms with Crippen molar-refractivity contribution in [2.75, 3.05) is 18.0 Å². The van der Waals surface area contributed by atoms with Crippen LogP contribution in [0, 0.1) is 5.92 Å². The van der Waals surface area contributed by atoms with Crippen molar-refractivity contribution in [3.05, 3.63) is 125 Å². The van der Waals surface area contributed by atoms with E-state index in [-0.39, 0.29) is 23.8 Å². The fourth-order valence-electron chi connectivity index (χ4n) is 4.91. The minimum Gasteiger partial charge on any atom is -0.372 e. The van der Waals surface area contributed by atoms with Crippen molar-refractivity contribution in [2.45, 2.75) is 32.6 Å². The molecule has 3 aromatic carbocycles. The van der Waals surface area contributed by atoms with Crippen molar-refractivity contribution in [3.8, 4) is 0 Å². The molecule has 0 saturated carbocycles. The van der Waals surface area contributed by atoms with Crippen LogP contribution in [0.25, 0.3) is 0 Å². The third-order valence-electron chi connectivity index (χ3n) is 7.42. The maximum Gasteiger partial charge on any atom is 0.193 e. The molecule has 5 heteroatoms. The number of benzene rings is 3. The molecule has 0 atom stereocenters. The molecule has 1 saturated heterocycles. The van der Waals surface area contributed by atoms with Gasteiger partial charge in [0.25, 0.3) is 0 Å². The minimum atomic E-state index is -0.0888. The molecule has 4 aromatic rings. The Bertz CT molecular complexity index is 1390. The lowest BCUT2D eigenvalue weighted by Gasteiger charge is -2.32. The number of H-pyrrole nitrogens is 1. The maximum atomic E-state index is 13.0. The summed E-state index contributed by atoms with van der Waals surface area (Å²) in [5.41, 5.74) is 5.39. The lowest BCUT2D eigenvalue weighted by Crippen LogP contribution is -2.32. The van der Waals surface area contributed by atoms with E-state index in [2.05, 4.69) is 16.8 Å². The van der Waals surface area contributed by atoms with Crippen LogP contribution >= 0.6 is 0 Å². The Labute approximate surface area is 223 Å². The van der Waals surface area contributed by atoms with Gasteiger partial charge in [0.15, 0.2) is 17.3 Å². The third kappa shape index (κ3) is 6.00. The van der Waals surface area contributed by atoms with Gasteiger partial charge in [0.2, 0.25) is 0 Å². The Hall–Kier alpha value is -4.25. The number of carbonyl (C=O) groups excluding carboxylic acids is 3. The Kier molecular flexibility index (Phi) is 7.64. The SMILES string of the molecule is CC1CCN(c2ccc(C(=O)Cc3ccc(C(=O)c4ccc(CC(=O)c5cc[nH]c5)cc4)cc3)cc2)CC1. The second kappa shape index (κ2) is 11.4. The van der Waals surface area contributed by atoms with Crippen LogP contribution in [0.2, 0.25) is 0 Å². The first-order valence-corrected chi connectivity index (χ1v) is 13.2. The predicted octanol–water partition coefficient (Wildman–Crippen LogP) is 6.33. The van der Waals surface area contributed by atoms with Gasteiger partial charge in [0.05, 0.1) is 0 Å². The van der Waals surface area contributed by atoms with Crippen LogP contribution in [0.3, 0.4) is 0 Å². The zero-order valence-corrected chi connectivity index (χ0v) is 21.7. The molecule has 0 bridgehead atoms. The van der Waals surface area contributed by atoms with Crippen molar-refractivity contribution in [1.29, 1.82) is 0 Å². The smallest absolute Gasteiger partial charge is 0.193 e. The number of hydrogen-bond acceptors (Lipinski definition) is 4. The summed E-state index contributed by atoms with van der Waals surface area (Å²) in [6, 6.07) is 24.1. The Morgan fingerprint density at radius 1 is 0.684 bits per heavy atom. The van der Waals surface area contributed by atoms with Gasteiger partial charge in [-0.2, -0.15) is 0 Å². The highest BCUT2D eigenvalue weighted by atomic mass is 16.1. The Balaban J connectivity index is 1.17. The van der Waals surface area contributed by atoms with E-state index in [1.165, 1.54) is 18.5 Å². The molecule has 1 N–H and O–H groups in total. The van der Waals surface area contributed by atoms with Crippen LogP contribution in [-0.4, -0.2) is 35.4 Å². The zero-order valence-electron chi connectivity index (χ0n) is 21.7. The zero-order chi connectivity index (χ0) is 26.5. The molecular weight excluding hydrogens is 472 g/mol. The van der Waals surface area contributed by atoms with E-state index >= 15 is 0 Å². The predicted molar refractivity (Wildman–Crippen MR) is 150 cm³/mol. The number of rotatable bonds is 9. The molecule has 0 aliphatic carbocycles. The van der Waals surface area contributed by atoms with Gasteiger partial charge in [0, 0.05) is 66.3 Å². The van der Waals surface area contributed by atoms with Crippen LogP contribution in [0.15, 0.2) is 91.3 Å². The van der Waals surface area contributed by atoms with Crippen molar-refractivity contribution < 1.29 is 14.4 Å². The average Bonchev–Trinajstić information content (AvgIpc) is 3.50. The fraction of sp³-hybridized carbons (Fsp3) is 0.242. The number of carbonyl (C=O) groups is 3. The topological polar surface area (TPSA) is 70.2 Å². The number of nitrogens with zero attached hydrogens (tertiary/aromatic N) is 1. The second-order valence-electron chi connectivity index (χ2n) is 10.2. The van der Waals surface area contributed by atoms with E-state index in [4.69, 9.17) is 0 Å². The third-order valence-corrected chi connectivity index (χ3v) is 7.42. The van der Waals surface area contributed by atoms with E-state index in [1.807, 2.05) is 48.5 Å². The molecule has 5 nitrogen and oxygen atoms in total. The second-order valence-corrected chi connectivity index (χ2v) is 10.2. The number of anilines is 1. The van der Waals surface area contributed by atoms with Crippen LogP contribution in [0.5, 0.6) is 0 Å². The van der Waals surface area contributed by atoms with Gasteiger partial charge in [-0.05, 0) is 60.2 Å². The molecule has 2 heterocycles. The lowest BCUT2D eigenvalue weighted by atomic mass is 9.97. The lowest BCUT2D eigenvalue weighted by molar-refractivity contribution is 0.0985. The molecule has 1 fully saturated rings. The molecule has 38 heavy (non-hydrogen) atoms. The monoisotopic (exact) mass is 504 g/mol. The average molecular weight is 505 g/mol. The highest BCUT2D eigenvalue weighted by Crippen LogP contribution is 2.24. The molecule has 0 radical (unpaired) electrons. The summed E-state index contributed by atoms with van der Waals surface area (Å²) in [4.78, 5) is 43.4. The summed E-state index contributed by atoms with van der Waals surface area (Å²) >= 11 is 0. The molecule has 1 aromatic heterocycles. The Morgan fingerprint density at radius 2 is 1.18 bits per heavy atom. The standard InChI is InChI=1S/C33H32N2O3/c1-23-15-18-35(19-16-23)30-12-10-26(11-13-30)31(36)20-24-2-6-27(7-3-24)33(38)28-8-4-25(5-9-28)21-32(37)29-14-17-34-22-29/h2-14,17,22-23,34H,15-16,18-21H2,1H3. The molecule has 0 amide bonds. The van der Waals surface area contributed by atoms with Crippen molar-refractivity contribution in [1.82, 2.24) is 4.98 Å². The fourth-order valence-corrected chi connectivity index (χ4v) is 4.91. The highest BCUT2D eigenvalue weighted by Gasteiger charge is 2.17. The Morgan fingerprint density at radius 3 is 1.68 bits per heavy atom. The van der Waals surface area contributed by atoms with Crippen molar-refractivity contribution in [2.24, 2.45) is 5.92 Å². The molecule has 0 spiro atoms. The maximum absolute atomic E-state index is 13.0. The van der Waals surface area contributed by atoms with Gasteiger partial charge >= 0.3 is 0 Å². The molecule has 1 aliphatic rings. The van der Waals surface area contributed by atoms with Crippen LogP contribution in [-0.2, 0) is 12.8 Å². The number of piperidine rings is 1. The molecule has 0 unspecified atom stereocenters. The van der Waals surface area contributed by atoms with Crippen molar-refractivity contribution in [3.63, 3.8) is 0 Å². The number of hydrogen-bond donors (Lipinski definition) is 1. The van der Waals surface area contributed by atoms with Crippen molar-refractivity contribution >= 4 is 23.0 Å². The summed E-state index contributed by atoms with van der Waals surface area (Å²) in [5.74, 6) is 0.788. The molecule has 5 rings (SSSR count). The van der Waals surface area contributed by atoms with Gasteiger partial charge in [0.1, 0.15) is 0 Å². The number of nitrogens with one attached hydrogen (secondary N) is 1. The first-order chi connectivity index (χ1) is 18.5. The summed E-state index contributed by atoms with van der Waals surface area (Å²) in [6.07, 6.45) is 6.41. The summed E-state index contributed by atoms with van der Waals surface area (Å²) in [6.45, 7) is 4.44. The van der Waals surface area contributed by atoms with E-state index in [9.17, 15) is 14.4 Å². The van der Waals surface area contributed by atoms with Gasteiger partial charge in [-0.1, -0.05) is 55.5 Å². The first kappa shape index (κ1) is 25.4. The number of ketones is 3. The van der Waals surface area contributed by atoms with E-state index < -0.39 is 0 Å². The summed E-state index contributed by atoms with van der Waals surface area (Å²) in [7, 11) is 0. The van der Waals surface area contributed by atoms with E-state index in [0.717, 1.165) is 30.1 Å². The molecular formula is C33H32N2O3. The summed E-state index contributed by atoms with van der Waals surface area (Å²) < 4.78 is 0. The minimum absolute atomic E-state index is 0.0306. The van der Waals surface area contributed by atoms with Crippen LogP contribution in [0.4, 0.5) is 5.69 Å². The normalized spacial score (nSPS) is 13.9. The van der Waals surface area contributed by atoms with Gasteiger partial charge in [-0.3, -0.25) is 14.4 Å². The van der Waals surface area contributed by atoms with E-state index in [0.29, 0.717) is 28.7 Å². The van der Waals surface area contributed by atoms with Gasteiger partial charge in [-0.25, -0.2) is 0 Å². The van der Waals surface area contributed by atoms with Gasteiger partial charge < -0.3 is 9.88 Å². The van der Waals surface area contributed by atoms with Gasteiger partial charge in [-0.15, -0.1) is 0 Å². The first-order valence-electron chi connectivity index (χ1n) is 13.2. The van der Waals surface area contributed by atoms with Crippen LogP contribution < -0.4 is 4.90 Å². The summed E-state index contributed by atoms with van der Waals surface area (Å²) in [5, 5.41) is 0.